The van der Waals surface area contributed by atoms with Gasteiger partial charge in [0.25, 0.3) is 0 Å². The third-order valence-electron chi connectivity index (χ3n) is 9.30. The summed E-state index contributed by atoms with van der Waals surface area (Å²) in [6.45, 7) is 24.7. The highest BCUT2D eigenvalue weighted by atomic mass is 15.2. The second-order valence-electron chi connectivity index (χ2n) is 12.6. The van der Waals surface area contributed by atoms with Crippen molar-refractivity contribution in [1.29, 1.82) is 0 Å². The quantitative estimate of drug-likeness (QED) is 0.608. The molecule has 172 valence electrons. The Hall–Kier alpha value is -0.120. The van der Waals surface area contributed by atoms with Gasteiger partial charge in [0.2, 0.25) is 0 Å². The van der Waals surface area contributed by atoms with Crippen molar-refractivity contribution in [2.75, 3.05) is 40.3 Å². The van der Waals surface area contributed by atoms with Crippen LogP contribution in [0.4, 0.5) is 0 Å². The molecule has 1 N–H and O–H groups in total. The minimum atomic E-state index is 0.165. The molecular formula is C26H53N3. The van der Waals surface area contributed by atoms with E-state index in [1.165, 1.54) is 51.6 Å². The van der Waals surface area contributed by atoms with Crippen LogP contribution in [-0.2, 0) is 0 Å². The van der Waals surface area contributed by atoms with Crippen molar-refractivity contribution in [2.24, 2.45) is 22.7 Å². The van der Waals surface area contributed by atoms with E-state index in [0.717, 1.165) is 24.9 Å². The molecule has 0 aromatic carbocycles. The van der Waals surface area contributed by atoms with Gasteiger partial charge in [-0.2, -0.15) is 0 Å². The van der Waals surface area contributed by atoms with E-state index in [4.69, 9.17) is 0 Å². The first-order valence-electron chi connectivity index (χ1n) is 12.4. The molecule has 3 nitrogen and oxygen atoms in total. The lowest BCUT2D eigenvalue weighted by atomic mass is 9.57. The summed E-state index contributed by atoms with van der Waals surface area (Å²) in [5, 5.41) is 3.67. The molecule has 2 aliphatic heterocycles. The summed E-state index contributed by atoms with van der Waals surface area (Å²) in [6.07, 6.45) is 7.93. The van der Waals surface area contributed by atoms with E-state index < -0.39 is 0 Å². The minimum absolute atomic E-state index is 0.165. The predicted octanol–water partition coefficient (Wildman–Crippen LogP) is 5.65. The van der Waals surface area contributed by atoms with Crippen LogP contribution in [0.5, 0.6) is 0 Å². The molecule has 2 rings (SSSR count). The van der Waals surface area contributed by atoms with Crippen molar-refractivity contribution in [3.8, 4) is 0 Å². The van der Waals surface area contributed by atoms with E-state index in [1.54, 1.807) is 0 Å². The van der Waals surface area contributed by atoms with E-state index in [9.17, 15) is 0 Å². The van der Waals surface area contributed by atoms with Gasteiger partial charge in [-0.25, -0.2) is 0 Å². The van der Waals surface area contributed by atoms with Gasteiger partial charge in [0, 0.05) is 11.1 Å². The lowest BCUT2D eigenvalue weighted by molar-refractivity contribution is -0.111. The molecule has 0 amide bonds. The van der Waals surface area contributed by atoms with Gasteiger partial charge in [-0.1, -0.05) is 27.7 Å². The van der Waals surface area contributed by atoms with Gasteiger partial charge in [0.15, 0.2) is 0 Å². The monoisotopic (exact) mass is 407 g/mol. The second-order valence-corrected chi connectivity index (χ2v) is 12.6. The fourth-order valence-corrected chi connectivity index (χ4v) is 7.08. The summed E-state index contributed by atoms with van der Waals surface area (Å²) in [7, 11) is 4.80. The zero-order chi connectivity index (χ0) is 22.1. The van der Waals surface area contributed by atoms with Crippen molar-refractivity contribution in [1.82, 2.24) is 15.1 Å². The van der Waals surface area contributed by atoms with Crippen LogP contribution in [0.25, 0.3) is 0 Å². The van der Waals surface area contributed by atoms with Gasteiger partial charge in [0.05, 0.1) is 0 Å². The Balaban J connectivity index is 2.62. The molecular weight excluding hydrogens is 354 g/mol. The van der Waals surface area contributed by atoms with Crippen molar-refractivity contribution in [2.45, 2.75) is 105 Å². The Morgan fingerprint density at radius 2 is 1.59 bits per heavy atom. The average molecular weight is 408 g/mol. The summed E-state index contributed by atoms with van der Waals surface area (Å²) in [5.41, 5.74) is 1.10. The molecule has 29 heavy (non-hydrogen) atoms. The Bertz CT molecular complexity index is 524. The normalized spacial score (nSPS) is 36.2. The molecule has 2 fully saturated rings. The number of fused-ring (bicyclic) bond motifs is 4. The molecule has 0 spiro atoms. The second kappa shape index (κ2) is 9.17. The molecule has 0 aromatic heterocycles. The first kappa shape index (κ1) is 25.1. The van der Waals surface area contributed by atoms with Crippen molar-refractivity contribution in [3.63, 3.8) is 0 Å². The third kappa shape index (κ3) is 5.39. The van der Waals surface area contributed by atoms with E-state index in [2.05, 4.69) is 84.6 Å². The maximum atomic E-state index is 3.67. The summed E-state index contributed by atoms with van der Waals surface area (Å²) in [5.74, 6) is 1.49. The Labute approximate surface area is 183 Å². The molecule has 2 heterocycles. The molecule has 0 aromatic rings. The van der Waals surface area contributed by atoms with Crippen molar-refractivity contribution >= 4 is 0 Å². The highest BCUT2D eigenvalue weighted by Gasteiger charge is 2.53. The molecule has 2 saturated heterocycles. The average Bonchev–Trinajstić information content (AvgIpc) is 2.59. The van der Waals surface area contributed by atoms with E-state index >= 15 is 0 Å². The fourth-order valence-electron chi connectivity index (χ4n) is 7.08. The SMILES string of the molecule is CCNCCC12CCN(C)CCC(CC(C)(C)CC(C)C1)C(C)(C)N(C)C2(C)C. The van der Waals surface area contributed by atoms with Crippen LogP contribution in [0.3, 0.4) is 0 Å². The molecule has 3 atom stereocenters. The Morgan fingerprint density at radius 3 is 2.21 bits per heavy atom. The lowest BCUT2D eigenvalue weighted by Gasteiger charge is -2.61. The van der Waals surface area contributed by atoms with E-state index in [0.29, 0.717) is 10.8 Å². The molecule has 3 heteroatoms. The van der Waals surface area contributed by atoms with Crippen LogP contribution in [0.2, 0.25) is 0 Å². The fraction of sp³-hybridized carbons (Fsp3) is 1.00. The van der Waals surface area contributed by atoms with Gasteiger partial charge >= 0.3 is 0 Å². The zero-order valence-electron chi connectivity index (χ0n) is 21.6. The summed E-state index contributed by atoms with van der Waals surface area (Å²) in [4.78, 5) is 5.45. The Morgan fingerprint density at radius 1 is 0.931 bits per heavy atom. The molecule has 2 bridgehead atoms. The molecule has 3 unspecified atom stereocenters. The van der Waals surface area contributed by atoms with Gasteiger partial charge in [-0.15, -0.1) is 0 Å². The number of rotatable bonds is 4. The minimum Gasteiger partial charge on any atom is -0.317 e. The number of hydrogen-bond acceptors (Lipinski definition) is 3. The molecule has 0 radical (unpaired) electrons. The van der Waals surface area contributed by atoms with Gasteiger partial charge in [0.1, 0.15) is 0 Å². The maximum Gasteiger partial charge on any atom is 0.0212 e. The standard InChI is InChI=1S/C26H53N3/c1-11-27-15-13-26-14-17-28(9)16-12-22(20-23(3,4)18-21(2)19-26)24(5,6)29(10)25(26,7)8/h21-22,27H,11-20H2,1-10H3. The topological polar surface area (TPSA) is 18.5 Å². The van der Waals surface area contributed by atoms with Gasteiger partial charge in [-0.05, 0) is 129 Å². The van der Waals surface area contributed by atoms with Crippen LogP contribution in [0, 0.1) is 22.7 Å². The summed E-state index contributed by atoms with van der Waals surface area (Å²) in [6, 6.07) is 0. The van der Waals surface area contributed by atoms with E-state index in [-0.39, 0.29) is 11.1 Å². The highest BCUT2D eigenvalue weighted by molar-refractivity contribution is 5.07. The third-order valence-corrected chi connectivity index (χ3v) is 9.30. The summed E-state index contributed by atoms with van der Waals surface area (Å²) >= 11 is 0. The Kier molecular flexibility index (Phi) is 7.95. The summed E-state index contributed by atoms with van der Waals surface area (Å²) < 4.78 is 0. The van der Waals surface area contributed by atoms with Crippen LogP contribution in [0.15, 0.2) is 0 Å². The number of nitrogens with zero attached hydrogens (tertiary/aromatic N) is 2. The van der Waals surface area contributed by atoms with Gasteiger partial charge in [-0.3, -0.25) is 4.90 Å². The first-order valence-corrected chi connectivity index (χ1v) is 12.4. The molecule has 0 saturated carbocycles. The largest absolute Gasteiger partial charge is 0.317 e. The van der Waals surface area contributed by atoms with Crippen LogP contribution >= 0.6 is 0 Å². The van der Waals surface area contributed by atoms with Crippen LogP contribution in [-0.4, -0.2) is 61.2 Å². The van der Waals surface area contributed by atoms with Gasteiger partial charge < -0.3 is 10.2 Å². The number of hydrogen-bond donors (Lipinski definition) is 1. The van der Waals surface area contributed by atoms with Crippen molar-refractivity contribution in [3.05, 3.63) is 0 Å². The van der Waals surface area contributed by atoms with E-state index in [1.807, 2.05) is 0 Å². The van der Waals surface area contributed by atoms with Crippen LogP contribution < -0.4 is 5.32 Å². The predicted molar refractivity (Wildman–Crippen MR) is 129 cm³/mol. The first-order chi connectivity index (χ1) is 13.3. The van der Waals surface area contributed by atoms with Crippen LogP contribution in [0.1, 0.15) is 93.9 Å². The lowest BCUT2D eigenvalue weighted by Crippen LogP contribution is -2.65. The van der Waals surface area contributed by atoms with Crippen molar-refractivity contribution < 1.29 is 0 Å². The molecule has 0 aliphatic carbocycles. The zero-order valence-corrected chi connectivity index (χ0v) is 21.6. The molecule has 2 aliphatic rings. The smallest absolute Gasteiger partial charge is 0.0212 e. The maximum absolute atomic E-state index is 3.67. The highest BCUT2D eigenvalue weighted by Crippen LogP contribution is 2.54. The number of nitrogens with one attached hydrogen (secondary N) is 1.